The van der Waals surface area contributed by atoms with Crippen LogP contribution < -0.4 is 10.0 Å². The van der Waals surface area contributed by atoms with Gasteiger partial charge in [0.15, 0.2) is 0 Å². The van der Waals surface area contributed by atoms with Gasteiger partial charge in [-0.3, -0.25) is 4.79 Å². The molecule has 0 unspecified atom stereocenters. The molecule has 1 atom stereocenters. The predicted molar refractivity (Wildman–Crippen MR) is 113 cm³/mol. The lowest BCUT2D eigenvalue weighted by molar-refractivity contribution is -0.118. The van der Waals surface area contributed by atoms with Crippen LogP contribution in [0.4, 0.5) is 5.69 Å². The highest BCUT2D eigenvalue weighted by atomic mass is 35.5. The van der Waals surface area contributed by atoms with E-state index in [0.29, 0.717) is 10.7 Å². The second-order valence-electron chi connectivity index (χ2n) is 6.70. The molecule has 6 nitrogen and oxygen atoms in total. The van der Waals surface area contributed by atoms with Crippen LogP contribution in [0.5, 0.6) is 0 Å². The molecule has 0 aliphatic rings. The average Bonchev–Trinajstić information content (AvgIpc) is 3.00. The summed E-state index contributed by atoms with van der Waals surface area (Å²) in [6, 6.07) is 10.4. The number of anilines is 1. The van der Waals surface area contributed by atoms with Crippen molar-refractivity contribution >= 4 is 54.8 Å². The van der Waals surface area contributed by atoms with Crippen LogP contribution in [0.15, 0.2) is 47.4 Å². The number of rotatable bonds is 6. The zero-order valence-electron chi connectivity index (χ0n) is 15.6. The van der Waals surface area contributed by atoms with Crippen molar-refractivity contribution < 1.29 is 13.2 Å². The molecule has 28 heavy (non-hydrogen) atoms. The number of amides is 1. The minimum atomic E-state index is -3.88. The number of aryl methyl sites for hydroxylation is 1. The van der Waals surface area contributed by atoms with Gasteiger partial charge in [0.1, 0.15) is 6.04 Å². The minimum absolute atomic E-state index is 0.105. The first kappa shape index (κ1) is 20.7. The van der Waals surface area contributed by atoms with Gasteiger partial charge in [-0.05, 0) is 55.3 Å². The average molecular weight is 438 g/mol. The predicted octanol–water partition coefficient (Wildman–Crippen LogP) is 4.20. The Morgan fingerprint density at radius 3 is 2.46 bits per heavy atom. The van der Waals surface area contributed by atoms with E-state index in [1.54, 1.807) is 50.2 Å². The van der Waals surface area contributed by atoms with Crippen LogP contribution in [0, 0.1) is 12.8 Å². The smallest absolute Gasteiger partial charge is 0.242 e. The van der Waals surface area contributed by atoms with Gasteiger partial charge in [-0.25, -0.2) is 13.4 Å². The Bertz CT molecular complexity index is 1110. The quantitative estimate of drug-likeness (QED) is 0.604. The number of thiazole rings is 1. The first-order valence-electron chi connectivity index (χ1n) is 8.61. The number of hydrogen-bond acceptors (Lipinski definition) is 5. The van der Waals surface area contributed by atoms with E-state index in [4.69, 9.17) is 11.6 Å². The Kier molecular flexibility index (Phi) is 6.04. The van der Waals surface area contributed by atoms with E-state index in [-0.39, 0.29) is 10.8 Å². The molecule has 0 spiro atoms. The summed E-state index contributed by atoms with van der Waals surface area (Å²) in [6.07, 6.45) is 0. The lowest BCUT2D eigenvalue weighted by atomic mass is 10.0. The van der Waals surface area contributed by atoms with Gasteiger partial charge in [-0.2, -0.15) is 4.72 Å². The second kappa shape index (κ2) is 8.16. The summed E-state index contributed by atoms with van der Waals surface area (Å²) in [5.74, 6) is -0.688. The molecule has 0 saturated heterocycles. The highest BCUT2D eigenvalue weighted by Gasteiger charge is 2.28. The number of fused-ring (bicyclic) bond motifs is 1. The molecule has 148 valence electrons. The van der Waals surface area contributed by atoms with Gasteiger partial charge in [0.05, 0.1) is 20.1 Å². The van der Waals surface area contributed by atoms with Gasteiger partial charge in [-0.15, -0.1) is 11.3 Å². The van der Waals surface area contributed by atoms with E-state index >= 15 is 0 Å². The normalized spacial score (nSPS) is 13.0. The first-order valence-corrected chi connectivity index (χ1v) is 11.3. The lowest BCUT2D eigenvalue weighted by Gasteiger charge is -2.21. The van der Waals surface area contributed by atoms with Crippen molar-refractivity contribution in [3.8, 4) is 0 Å². The van der Waals surface area contributed by atoms with Crippen molar-refractivity contribution in [3.05, 3.63) is 52.5 Å². The van der Waals surface area contributed by atoms with Gasteiger partial charge < -0.3 is 5.32 Å². The Hall–Kier alpha value is -2.00. The third-order valence-electron chi connectivity index (χ3n) is 4.12. The number of halogens is 1. The summed E-state index contributed by atoms with van der Waals surface area (Å²) < 4.78 is 29.1. The number of benzene rings is 2. The number of sulfonamides is 1. The minimum Gasteiger partial charge on any atom is -0.325 e. The highest BCUT2D eigenvalue weighted by Crippen LogP contribution is 2.25. The van der Waals surface area contributed by atoms with Gasteiger partial charge in [0.25, 0.3) is 0 Å². The van der Waals surface area contributed by atoms with Crippen molar-refractivity contribution in [1.82, 2.24) is 9.71 Å². The summed E-state index contributed by atoms with van der Waals surface area (Å²) in [4.78, 5) is 17.1. The molecule has 3 aromatic rings. The molecule has 1 amide bonds. The number of hydrogen-bond donors (Lipinski definition) is 2. The molecule has 3 rings (SSSR count). The van der Waals surface area contributed by atoms with E-state index in [1.807, 2.05) is 6.92 Å². The summed E-state index contributed by atoms with van der Waals surface area (Å²) in [5, 5.41) is 4.14. The zero-order chi connectivity index (χ0) is 20.5. The number of nitrogens with one attached hydrogen (secondary N) is 2. The standard InChI is InChI=1S/C19H20ClN3O3S2/c1-11(2)18(19(24)22-14-6-4-13(20)5-7-14)23-28(25,26)15-8-9-16-17(10-15)27-12(3)21-16/h4-11,18,23H,1-3H3,(H,22,24)/t18-/m0/s1. The Morgan fingerprint density at radius 1 is 1.14 bits per heavy atom. The van der Waals surface area contributed by atoms with Crippen molar-refractivity contribution in [1.29, 1.82) is 0 Å². The van der Waals surface area contributed by atoms with Gasteiger partial charge >= 0.3 is 0 Å². The summed E-state index contributed by atoms with van der Waals surface area (Å²) in [6.45, 7) is 5.43. The first-order chi connectivity index (χ1) is 13.2. The van der Waals surface area contributed by atoms with E-state index < -0.39 is 22.0 Å². The molecule has 0 saturated carbocycles. The van der Waals surface area contributed by atoms with E-state index in [1.165, 1.54) is 17.4 Å². The summed E-state index contributed by atoms with van der Waals surface area (Å²) in [7, 11) is -3.88. The fraction of sp³-hybridized carbons (Fsp3) is 0.263. The third kappa shape index (κ3) is 4.70. The van der Waals surface area contributed by atoms with Gasteiger partial charge in [-0.1, -0.05) is 25.4 Å². The molecule has 2 aromatic carbocycles. The summed E-state index contributed by atoms with van der Waals surface area (Å²) in [5.41, 5.74) is 1.29. The second-order valence-corrected chi connectivity index (χ2v) is 10.1. The Balaban J connectivity index is 1.83. The lowest BCUT2D eigenvalue weighted by Crippen LogP contribution is -2.47. The number of aromatic nitrogens is 1. The number of carbonyl (C=O) groups is 1. The third-order valence-corrected chi connectivity index (χ3v) is 6.74. The maximum Gasteiger partial charge on any atom is 0.242 e. The number of nitrogens with zero attached hydrogens (tertiary/aromatic N) is 1. The SMILES string of the molecule is Cc1nc2ccc(S(=O)(=O)N[C@H](C(=O)Nc3ccc(Cl)cc3)C(C)C)cc2s1. The maximum absolute atomic E-state index is 12.9. The molecule has 0 aliphatic carbocycles. The molecule has 0 radical (unpaired) electrons. The molecule has 9 heteroatoms. The fourth-order valence-electron chi connectivity index (χ4n) is 2.67. The molecule has 0 fully saturated rings. The largest absolute Gasteiger partial charge is 0.325 e. The van der Waals surface area contributed by atoms with E-state index in [2.05, 4.69) is 15.0 Å². The van der Waals surface area contributed by atoms with Crippen molar-refractivity contribution in [3.63, 3.8) is 0 Å². The van der Waals surface area contributed by atoms with Gasteiger partial charge in [0, 0.05) is 10.7 Å². The Morgan fingerprint density at radius 2 is 1.82 bits per heavy atom. The number of carbonyl (C=O) groups excluding carboxylic acids is 1. The van der Waals surface area contributed by atoms with E-state index in [0.717, 1.165) is 15.2 Å². The van der Waals surface area contributed by atoms with Crippen molar-refractivity contribution in [2.24, 2.45) is 5.92 Å². The van der Waals surface area contributed by atoms with Crippen molar-refractivity contribution in [2.75, 3.05) is 5.32 Å². The topological polar surface area (TPSA) is 88.2 Å². The maximum atomic E-state index is 12.9. The van der Waals surface area contributed by atoms with Crippen LogP contribution in [-0.2, 0) is 14.8 Å². The van der Waals surface area contributed by atoms with Gasteiger partial charge in [0.2, 0.25) is 15.9 Å². The van der Waals surface area contributed by atoms with Crippen LogP contribution in [0.1, 0.15) is 18.9 Å². The highest BCUT2D eigenvalue weighted by molar-refractivity contribution is 7.89. The molecule has 1 aromatic heterocycles. The molecule has 1 heterocycles. The Labute approximate surface area is 173 Å². The van der Waals surface area contributed by atoms with Crippen LogP contribution in [0.25, 0.3) is 10.2 Å². The monoisotopic (exact) mass is 437 g/mol. The molecule has 2 N–H and O–H groups in total. The molecule has 0 aliphatic heterocycles. The van der Waals surface area contributed by atoms with Crippen LogP contribution >= 0.6 is 22.9 Å². The van der Waals surface area contributed by atoms with E-state index in [9.17, 15) is 13.2 Å². The van der Waals surface area contributed by atoms with Crippen LogP contribution in [0.3, 0.4) is 0 Å². The molecular weight excluding hydrogens is 418 g/mol. The van der Waals surface area contributed by atoms with Crippen molar-refractivity contribution in [2.45, 2.75) is 31.7 Å². The zero-order valence-corrected chi connectivity index (χ0v) is 18.0. The summed E-state index contributed by atoms with van der Waals surface area (Å²) >= 11 is 7.27. The fourth-order valence-corrected chi connectivity index (χ4v) is 5.10. The van der Waals surface area contributed by atoms with Crippen LogP contribution in [-0.4, -0.2) is 25.4 Å². The molecule has 0 bridgehead atoms. The molecular formula is C19H20ClN3O3S2. The van der Waals surface area contributed by atoms with Crippen LogP contribution in [0.2, 0.25) is 5.02 Å².